The van der Waals surface area contributed by atoms with E-state index in [-0.39, 0.29) is 13.2 Å². The van der Waals surface area contributed by atoms with Gasteiger partial charge in [-0.25, -0.2) is 9.59 Å². The second-order valence-electron chi connectivity index (χ2n) is 10.9. The lowest BCUT2D eigenvalue weighted by molar-refractivity contribution is -0.870. The Hall–Kier alpha value is -2.03. The lowest BCUT2D eigenvalue weighted by atomic mass is 10.1. The molecule has 0 rings (SSSR count). The van der Waals surface area contributed by atoms with E-state index in [1.165, 1.54) is 23.3 Å². The van der Waals surface area contributed by atoms with Gasteiger partial charge in [-0.1, -0.05) is 34.4 Å². The summed E-state index contributed by atoms with van der Waals surface area (Å²) in [6.45, 7) is 11.1. The molecular weight excluding hydrogens is 509 g/mol. The molecule has 0 saturated heterocycles. The summed E-state index contributed by atoms with van der Waals surface area (Å²) in [6, 6.07) is 0. The van der Waals surface area contributed by atoms with Crippen molar-refractivity contribution in [2.24, 2.45) is 0 Å². The van der Waals surface area contributed by atoms with Crippen LogP contribution in [0.15, 0.2) is 46.6 Å². The van der Waals surface area contributed by atoms with Crippen LogP contribution in [0, 0.1) is 0 Å². The van der Waals surface area contributed by atoms with Crippen LogP contribution in [0.4, 0.5) is 0 Å². The number of esters is 2. The molecule has 0 spiro atoms. The van der Waals surface area contributed by atoms with Gasteiger partial charge in [-0.2, -0.15) is 0 Å². The van der Waals surface area contributed by atoms with Gasteiger partial charge in [-0.05, 0) is 67.2 Å². The Morgan fingerprint density at radius 1 is 0.816 bits per heavy atom. The van der Waals surface area contributed by atoms with Crippen molar-refractivity contribution in [3.8, 4) is 0 Å². The minimum absolute atomic E-state index is 0.0614. The SMILES string of the molecule is CC(C)=CCC/C(C)=C/C(=O)OC[C@H](COP(=O)([O-])OCC[N+](C)(C)C)OC(=O)/C=C(\C)CCC=C(C)C. The van der Waals surface area contributed by atoms with Gasteiger partial charge in [0.1, 0.15) is 19.8 Å². The first-order chi connectivity index (χ1) is 17.5. The third-order valence-corrected chi connectivity index (χ3v) is 6.00. The largest absolute Gasteiger partial charge is 0.756 e. The average Bonchev–Trinajstić information content (AvgIpc) is 2.73. The van der Waals surface area contributed by atoms with Gasteiger partial charge < -0.3 is 27.9 Å². The van der Waals surface area contributed by atoms with Gasteiger partial charge in [-0.3, -0.25) is 4.57 Å². The quantitative estimate of drug-likeness (QED) is 0.0758. The Bertz CT molecular complexity index is 920. The number of carbonyl (C=O) groups is 2. The molecule has 0 aliphatic rings. The number of allylic oxidation sites excluding steroid dienone is 6. The zero-order valence-corrected chi connectivity index (χ0v) is 25.6. The van der Waals surface area contributed by atoms with E-state index < -0.39 is 32.5 Å². The van der Waals surface area contributed by atoms with E-state index in [1.807, 2.05) is 62.7 Å². The summed E-state index contributed by atoms with van der Waals surface area (Å²) in [5, 5.41) is 0. The average molecular weight is 558 g/mol. The molecule has 0 aliphatic heterocycles. The van der Waals surface area contributed by atoms with Crippen LogP contribution >= 0.6 is 7.82 Å². The van der Waals surface area contributed by atoms with Crippen LogP contribution in [0.5, 0.6) is 0 Å². The van der Waals surface area contributed by atoms with Crippen LogP contribution in [0.3, 0.4) is 0 Å². The van der Waals surface area contributed by atoms with Gasteiger partial charge in [-0.15, -0.1) is 0 Å². The third-order valence-electron chi connectivity index (χ3n) is 5.04. The third kappa shape index (κ3) is 22.0. The summed E-state index contributed by atoms with van der Waals surface area (Å²) < 4.78 is 33.2. The summed E-state index contributed by atoms with van der Waals surface area (Å²) >= 11 is 0. The van der Waals surface area contributed by atoms with Crippen molar-refractivity contribution in [2.45, 2.75) is 73.3 Å². The molecule has 1 unspecified atom stereocenters. The number of nitrogens with zero attached hydrogens (tertiary/aromatic N) is 1. The van der Waals surface area contributed by atoms with Crippen molar-refractivity contribution in [1.82, 2.24) is 0 Å². The molecule has 0 aromatic rings. The molecule has 10 heteroatoms. The van der Waals surface area contributed by atoms with E-state index in [1.54, 1.807) is 0 Å². The lowest BCUT2D eigenvalue weighted by Gasteiger charge is -2.28. The zero-order valence-electron chi connectivity index (χ0n) is 24.7. The standard InChI is InChI=1S/C28H48NO8P/c1-22(2)12-10-14-24(5)18-27(30)34-20-26(21-36-38(32,33)35-17-16-29(7,8)9)37-28(31)19-25(6)15-11-13-23(3)4/h12-13,18-19,26H,10-11,14-17,20-21H2,1-9H3/b24-18+,25-19+/t26-/m1/s1. The first kappa shape index (κ1) is 36.0. The fourth-order valence-corrected chi connectivity index (χ4v) is 3.62. The first-order valence-corrected chi connectivity index (χ1v) is 14.3. The van der Waals surface area contributed by atoms with E-state index in [0.717, 1.165) is 24.0 Å². The number of phosphoric acid groups is 1. The number of hydrogen-bond acceptors (Lipinski definition) is 8. The van der Waals surface area contributed by atoms with E-state index in [0.29, 0.717) is 23.9 Å². The number of hydrogen-bond donors (Lipinski definition) is 0. The van der Waals surface area contributed by atoms with E-state index >= 15 is 0 Å². The maximum atomic E-state index is 12.5. The summed E-state index contributed by atoms with van der Waals surface area (Å²) in [5.41, 5.74) is 4.02. The Kier molecular flexibility index (Phi) is 17.3. The van der Waals surface area contributed by atoms with Crippen LogP contribution in [0.25, 0.3) is 0 Å². The minimum atomic E-state index is -4.65. The molecule has 0 N–H and O–H groups in total. The predicted octanol–water partition coefficient (Wildman–Crippen LogP) is 5.03. The summed E-state index contributed by atoms with van der Waals surface area (Å²) in [6.07, 6.45) is 8.67. The summed E-state index contributed by atoms with van der Waals surface area (Å²) in [5.74, 6) is -1.29. The van der Waals surface area contributed by atoms with Crippen LogP contribution in [0.1, 0.15) is 67.2 Å². The number of carbonyl (C=O) groups excluding carboxylic acids is 2. The first-order valence-electron chi connectivity index (χ1n) is 12.9. The molecule has 0 radical (unpaired) electrons. The van der Waals surface area contributed by atoms with Gasteiger partial charge in [0, 0.05) is 12.2 Å². The second kappa shape index (κ2) is 18.3. The van der Waals surface area contributed by atoms with Gasteiger partial charge in [0.15, 0.2) is 6.10 Å². The van der Waals surface area contributed by atoms with E-state index in [4.69, 9.17) is 18.5 Å². The maximum Gasteiger partial charge on any atom is 0.331 e. The highest BCUT2D eigenvalue weighted by molar-refractivity contribution is 7.45. The van der Waals surface area contributed by atoms with Crippen molar-refractivity contribution in [3.63, 3.8) is 0 Å². The molecule has 38 heavy (non-hydrogen) atoms. The van der Waals surface area contributed by atoms with Gasteiger partial charge in [0.2, 0.25) is 0 Å². The van der Waals surface area contributed by atoms with Crippen LogP contribution in [-0.4, -0.2) is 70.0 Å². The fraction of sp³-hybridized carbons (Fsp3) is 0.643. The monoisotopic (exact) mass is 557 g/mol. The summed E-state index contributed by atoms with van der Waals surface area (Å²) in [7, 11) is 1.05. The molecule has 0 bridgehead atoms. The highest BCUT2D eigenvalue weighted by Crippen LogP contribution is 2.38. The Morgan fingerprint density at radius 2 is 1.32 bits per heavy atom. The highest BCUT2D eigenvalue weighted by atomic mass is 31.2. The maximum absolute atomic E-state index is 12.5. The lowest BCUT2D eigenvalue weighted by Crippen LogP contribution is -2.37. The number of phosphoric ester groups is 1. The predicted molar refractivity (Wildman–Crippen MR) is 148 cm³/mol. The normalized spacial score (nSPS) is 14.8. The van der Waals surface area contributed by atoms with Gasteiger partial charge >= 0.3 is 11.9 Å². The van der Waals surface area contributed by atoms with Crippen molar-refractivity contribution >= 4 is 19.8 Å². The second-order valence-corrected chi connectivity index (χ2v) is 12.3. The van der Waals surface area contributed by atoms with E-state index in [2.05, 4.69) is 12.2 Å². The molecule has 0 aromatic carbocycles. The Morgan fingerprint density at radius 3 is 1.79 bits per heavy atom. The fourth-order valence-electron chi connectivity index (χ4n) is 2.89. The van der Waals surface area contributed by atoms with Crippen molar-refractivity contribution in [1.29, 1.82) is 0 Å². The van der Waals surface area contributed by atoms with E-state index in [9.17, 15) is 19.0 Å². The molecule has 0 saturated carbocycles. The number of rotatable bonds is 18. The van der Waals surface area contributed by atoms with Gasteiger partial charge in [0.05, 0.1) is 27.7 Å². The number of ether oxygens (including phenoxy) is 2. The van der Waals surface area contributed by atoms with Crippen molar-refractivity contribution < 1.29 is 42.1 Å². The van der Waals surface area contributed by atoms with Crippen molar-refractivity contribution in [3.05, 3.63) is 46.6 Å². The Labute approximate surface area is 229 Å². The van der Waals surface area contributed by atoms with Crippen LogP contribution < -0.4 is 4.89 Å². The number of quaternary nitrogens is 1. The molecule has 218 valence electrons. The van der Waals surface area contributed by atoms with Crippen LogP contribution in [0.2, 0.25) is 0 Å². The molecule has 0 aliphatic carbocycles. The molecule has 0 amide bonds. The Balaban J connectivity index is 5.20. The highest BCUT2D eigenvalue weighted by Gasteiger charge is 2.21. The van der Waals surface area contributed by atoms with Gasteiger partial charge in [0.25, 0.3) is 7.82 Å². The molecular formula is C28H48NO8P. The molecule has 2 atom stereocenters. The number of likely N-dealkylation sites (N-methyl/N-ethyl adjacent to an activating group) is 1. The summed E-state index contributed by atoms with van der Waals surface area (Å²) in [4.78, 5) is 36.9. The molecule has 0 heterocycles. The minimum Gasteiger partial charge on any atom is -0.756 e. The molecule has 0 fully saturated rings. The van der Waals surface area contributed by atoms with Crippen molar-refractivity contribution in [2.75, 3.05) is 47.5 Å². The smallest absolute Gasteiger partial charge is 0.331 e. The van der Waals surface area contributed by atoms with Crippen LogP contribution in [-0.2, 0) is 32.7 Å². The molecule has 0 aromatic heterocycles. The zero-order chi connectivity index (χ0) is 29.4. The topological polar surface area (TPSA) is 111 Å². The molecule has 9 nitrogen and oxygen atoms in total.